The molecular weight excluding hydrogens is 328 g/mol. The van der Waals surface area contributed by atoms with Gasteiger partial charge in [0.05, 0.1) is 0 Å². The number of nitrogens with one attached hydrogen (secondary N) is 1. The second-order valence-corrected chi connectivity index (χ2v) is 6.97. The van der Waals surface area contributed by atoms with Crippen molar-refractivity contribution in [2.75, 3.05) is 17.6 Å². The third-order valence-corrected chi connectivity index (χ3v) is 5.55. The predicted octanol–water partition coefficient (Wildman–Crippen LogP) is 5.18. The number of aryl methyl sites for hydroxylation is 1. The lowest BCUT2D eigenvalue weighted by Gasteiger charge is -2.25. The van der Waals surface area contributed by atoms with Gasteiger partial charge in [-0.05, 0) is 24.1 Å². The van der Waals surface area contributed by atoms with Crippen LogP contribution in [0.1, 0.15) is 23.4 Å². The summed E-state index contributed by atoms with van der Waals surface area (Å²) < 4.78 is 0. The second-order valence-electron chi connectivity index (χ2n) is 5.38. The maximum atomic E-state index is 12.7. The number of hydrogen-bond acceptors (Lipinski definition) is 2. The van der Waals surface area contributed by atoms with E-state index in [0.717, 1.165) is 35.5 Å². The van der Waals surface area contributed by atoms with E-state index in [4.69, 9.17) is 11.6 Å². The van der Waals surface area contributed by atoms with Gasteiger partial charge in [-0.15, -0.1) is 11.8 Å². The molecule has 0 aromatic heterocycles. The lowest BCUT2D eigenvalue weighted by molar-refractivity contribution is 0.214. The molecule has 0 saturated carbocycles. The van der Waals surface area contributed by atoms with Crippen LogP contribution in [0.4, 0.5) is 10.5 Å². The van der Waals surface area contributed by atoms with Crippen LogP contribution in [0, 0.1) is 0 Å². The highest BCUT2D eigenvalue weighted by atomic mass is 35.5. The zero-order valence-corrected chi connectivity index (χ0v) is 14.5. The fourth-order valence-corrected chi connectivity index (χ4v) is 4.34. The molecule has 0 bridgehead atoms. The number of carbonyl (C=O) groups excluding carboxylic acids is 1. The van der Waals surface area contributed by atoms with E-state index >= 15 is 0 Å². The summed E-state index contributed by atoms with van der Waals surface area (Å²) in [5.74, 6) is 0.915. The first-order valence-electron chi connectivity index (χ1n) is 7.72. The van der Waals surface area contributed by atoms with E-state index in [1.807, 2.05) is 53.4 Å². The van der Waals surface area contributed by atoms with Crippen LogP contribution < -0.4 is 5.32 Å². The van der Waals surface area contributed by atoms with Gasteiger partial charge in [0.15, 0.2) is 0 Å². The molecule has 3 rings (SSSR count). The zero-order valence-electron chi connectivity index (χ0n) is 13.0. The van der Waals surface area contributed by atoms with E-state index in [0.29, 0.717) is 5.02 Å². The number of carbonyl (C=O) groups is 1. The summed E-state index contributed by atoms with van der Waals surface area (Å²) in [6.45, 7) is 2.81. The first kappa shape index (κ1) is 16.2. The monoisotopic (exact) mass is 346 g/mol. The topological polar surface area (TPSA) is 32.3 Å². The van der Waals surface area contributed by atoms with Crippen molar-refractivity contribution in [3.8, 4) is 0 Å². The number of halogens is 1. The summed E-state index contributed by atoms with van der Waals surface area (Å²) in [6, 6.07) is 15.6. The third kappa shape index (κ3) is 3.48. The summed E-state index contributed by atoms with van der Waals surface area (Å²) in [4.78, 5) is 14.6. The fraction of sp³-hybridized carbons (Fsp3) is 0.278. The number of urea groups is 1. The molecule has 1 aliphatic rings. The first-order valence-corrected chi connectivity index (χ1v) is 9.15. The molecule has 23 heavy (non-hydrogen) atoms. The van der Waals surface area contributed by atoms with Crippen LogP contribution in [-0.4, -0.2) is 23.2 Å². The number of amides is 2. The number of benzene rings is 2. The van der Waals surface area contributed by atoms with Gasteiger partial charge >= 0.3 is 6.03 Å². The van der Waals surface area contributed by atoms with Crippen molar-refractivity contribution in [3.63, 3.8) is 0 Å². The highest BCUT2D eigenvalue weighted by Gasteiger charge is 2.32. The van der Waals surface area contributed by atoms with Gasteiger partial charge in [-0.2, -0.15) is 0 Å². The Hall–Kier alpha value is -1.65. The van der Waals surface area contributed by atoms with Gasteiger partial charge < -0.3 is 10.2 Å². The highest BCUT2D eigenvalue weighted by Crippen LogP contribution is 2.41. The van der Waals surface area contributed by atoms with Crippen LogP contribution in [0.15, 0.2) is 48.5 Å². The molecule has 2 aromatic carbocycles. The van der Waals surface area contributed by atoms with E-state index in [-0.39, 0.29) is 11.4 Å². The Kier molecular flexibility index (Phi) is 5.13. The molecule has 1 unspecified atom stereocenters. The van der Waals surface area contributed by atoms with Crippen LogP contribution >= 0.6 is 23.4 Å². The molecule has 5 heteroatoms. The van der Waals surface area contributed by atoms with Gasteiger partial charge in [-0.25, -0.2) is 4.79 Å². The zero-order chi connectivity index (χ0) is 16.2. The Balaban J connectivity index is 1.80. The minimum absolute atomic E-state index is 0.0301. The predicted molar refractivity (Wildman–Crippen MR) is 98.2 cm³/mol. The summed E-state index contributed by atoms with van der Waals surface area (Å²) in [7, 11) is 0. The standard InChI is InChI=1S/C18H19ClN2OS/c1-2-13-7-3-6-10-16(13)20-18(22)21-11-12-23-17(21)14-8-4-5-9-15(14)19/h3-10,17H,2,11-12H2,1H3,(H,20,22). The molecule has 0 spiro atoms. The molecule has 1 fully saturated rings. The molecular formula is C18H19ClN2OS. The fourth-order valence-electron chi connectivity index (χ4n) is 2.75. The van der Waals surface area contributed by atoms with Gasteiger partial charge in [0, 0.05) is 28.6 Å². The average molecular weight is 347 g/mol. The smallest absolute Gasteiger partial charge is 0.308 e. The summed E-state index contributed by atoms with van der Waals surface area (Å²) >= 11 is 8.06. The van der Waals surface area contributed by atoms with E-state index in [1.54, 1.807) is 11.8 Å². The number of nitrogens with zero attached hydrogens (tertiary/aromatic N) is 1. The number of thioether (sulfide) groups is 1. The van der Waals surface area contributed by atoms with Gasteiger partial charge in [0.2, 0.25) is 0 Å². The quantitative estimate of drug-likeness (QED) is 0.830. The van der Waals surface area contributed by atoms with Crippen molar-refractivity contribution in [1.82, 2.24) is 4.90 Å². The van der Waals surface area contributed by atoms with Crippen molar-refractivity contribution < 1.29 is 4.79 Å². The molecule has 3 nitrogen and oxygen atoms in total. The maximum Gasteiger partial charge on any atom is 0.323 e. The normalized spacial score (nSPS) is 17.3. The summed E-state index contributed by atoms with van der Waals surface area (Å²) in [5, 5.41) is 3.73. The summed E-state index contributed by atoms with van der Waals surface area (Å²) in [5.41, 5.74) is 3.02. The molecule has 1 aliphatic heterocycles. The van der Waals surface area contributed by atoms with E-state index in [2.05, 4.69) is 12.2 Å². The van der Waals surface area contributed by atoms with E-state index < -0.39 is 0 Å². The molecule has 1 atom stereocenters. The molecule has 0 aliphatic carbocycles. The molecule has 1 N–H and O–H groups in total. The summed E-state index contributed by atoms with van der Waals surface area (Å²) in [6.07, 6.45) is 0.888. The van der Waals surface area contributed by atoms with Gasteiger partial charge in [-0.3, -0.25) is 0 Å². The Labute approximate surface area is 146 Å². The third-order valence-electron chi connectivity index (χ3n) is 3.96. The lowest BCUT2D eigenvalue weighted by Crippen LogP contribution is -2.34. The maximum absolute atomic E-state index is 12.7. The molecule has 120 valence electrons. The van der Waals surface area contributed by atoms with Crippen LogP contribution in [-0.2, 0) is 6.42 Å². The number of hydrogen-bond donors (Lipinski definition) is 1. The van der Waals surface area contributed by atoms with Gasteiger partial charge in [-0.1, -0.05) is 54.9 Å². The number of rotatable bonds is 3. The number of para-hydroxylation sites is 1. The largest absolute Gasteiger partial charge is 0.323 e. The molecule has 1 saturated heterocycles. The van der Waals surface area contributed by atoms with Gasteiger partial charge in [0.25, 0.3) is 0 Å². The molecule has 1 heterocycles. The van der Waals surface area contributed by atoms with Crippen molar-refractivity contribution in [3.05, 3.63) is 64.7 Å². The van der Waals surface area contributed by atoms with Crippen molar-refractivity contribution >= 4 is 35.1 Å². The van der Waals surface area contributed by atoms with Crippen molar-refractivity contribution in [2.45, 2.75) is 18.7 Å². The Bertz CT molecular complexity index is 707. The molecule has 2 amide bonds. The van der Waals surface area contributed by atoms with E-state index in [9.17, 15) is 4.79 Å². The van der Waals surface area contributed by atoms with Crippen LogP contribution in [0.25, 0.3) is 0 Å². The number of anilines is 1. The molecule has 2 aromatic rings. The van der Waals surface area contributed by atoms with Gasteiger partial charge in [0.1, 0.15) is 5.37 Å². The molecule has 0 radical (unpaired) electrons. The van der Waals surface area contributed by atoms with Crippen LogP contribution in [0.3, 0.4) is 0 Å². The average Bonchev–Trinajstić information content (AvgIpc) is 3.05. The SMILES string of the molecule is CCc1ccccc1NC(=O)N1CCSC1c1ccccc1Cl. The van der Waals surface area contributed by atoms with Crippen molar-refractivity contribution in [2.24, 2.45) is 0 Å². The first-order chi connectivity index (χ1) is 11.2. The highest BCUT2D eigenvalue weighted by molar-refractivity contribution is 7.99. The minimum Gasteiger partial charge on any atom is -0.308 e. The Morgan fingerprint density at radius 2 is 2.00 bits per heavy atom. The van der Waals surface area contributed by atoms with Crippen LogP contribution in [0.5, 0.6) is 0 Å². The Morgan fingerprint density at radius 1 is 1.26 bits per heavy atom. The lowest BCUT2D eigenvalue weighted by atomic mass is 10.1. The minimum atomic E-state index is -0.0687. The van der Waals surface area contributed by atoms with Crippen LogP contribution in [0.2, 0.25) is 5.02 Å². The Morgan fingerprint density at radius 3 is 2.78 bits per heavy atom. The van der Waals surface area contributed by atoms with Crippen molar-refractivity contribution in [1.29, 1.82) is 0 Å². The second kappa shape index (κ2) is 7.28. The van der Waals surface area contributed by atoms with E-state index in [1.165, 1.54) is 0 Å².